The van der Waals surface area contributed by atoms with Crippen LogP contribution in [0.25, 0.3) is 0 Å². The predicted molar refractivity (Wildman–Crippen MR) is 95.0 cm³/mol. The highest BCUT2D eigenvalue weighted by molar-refractivity contribution is 7.80. The zero-order valence-corrected chi connectivity index (χ0v) is 13.9. The number of phenols is 1. The van der Waals surface area contributed by atoms with E-state index < -0.39 is 6.10 Å². The van der Waals surface area contributed by atoms with Crippen LogP contribution in [0.4, 0.5) is 11.4 Å². The Labute approximate surface area is 143 Å². The van der Waals surface area contributed by atoms with Crippen molar-refractivity contribution in [2.75, 3.05) is 10.6 Å². The van der Waals surface area contributed by atoms with Crippen LogP contribution in [0.1, 0.15) is 18.6 Å². The van der Waals surface area contributed by atoms with Gasteiger partial charge in [-0.05, 0) is 55.5 Å². The normalized spacial score (nSPS) is 11.8. The molecule has 7 heteroatoms. The molecule has 1 unspecified atom stereocenters. The maximum atomic E-state index is 10.1. The third-order valence-electron chi connectivity index (χ3n) is 2.90. The van der Waals surface area contributed by atoms with Crippen LogP contribution in [0.5, 0.6) is 5.75 Å². The lowest BCUT2D eigenvalue weighted by atomic mass is 10.1. The maximum Gasteiger partial charge on any atom is 0.175 e. The van der Waals surface area contributed by atoms with Crippen molar-refractivity contribution in [1.29, 1.82) is 0 Å². The van der Waals surface area contributed by atoms with Crippen molar-refractivity contribution in [3.63, 3.8) is 0 Å². The fourth-order valence-corrected chi connectivity index (χ4v) is 2.43. The molecule has 0 bridgehead atoms. The van der Waals surface area contributed by atoms with E-state index in [1.165, 1.54) is 12.1 Å². The second-order valence-electron chi connectivity index (χ2n) is 4.65. The molecule has 0 aliphatic carbocycles. The molecule has 0 aliphatic rings. The second kappa shape index (κ2) is 7.15. The largest absolute Gasteiger partial charge is 0.505 e. The van der Waals surface area contributed by atoms with Gasteiger partial charge in [0.05, 0.1) is 11.8 Å². The van der Waals surface area contributed by atoms with Crippen molar-refractivity contribution in [3.8, 4) is 5.75 Å². The van der Waals surface area contributed by atoms with Crippen molar-refractivity contribution >= 4 is 51.9 Å². The number of hydrogen-bond donors (Lipinski definition) is 4. The summed E-state index contributed by atoms with van der Waals surface area (Å²) in [6.45, 7) is 1.54. The van der Waals surface area contributed by atoms with Crippen molar-refractivity contribution in [2.45, 2.75) is 13.0 Å². The first kappa shape index (κ1) is 16.8. The number of benzene rings is 2. The number of nitrogens with one attached hydrogen (secondary N) is 2. The average molecular weight is 357 g/mol. The topological polar surface area (TPSA) is 64.5 Å². The molecule has 2 aromatic rings. The van der Waals surface area contributed by atoms with Gasteiger partial charge in [-0.25, -0.2) is 0 Å². The molecule has 0 saturated carbocycles. The zero-order chi connectivity index (χ0) is 16.3. The predicted octanol–water partition coefficient (Wildman–Crippen LogP) is 4.56. The Morgan fingerprint density at radius 3 is 2.32 bits per heavy atom. The minimum absolute atomic E-state index is 0.0975. The number of halogens is 2. The van der Waals surface area contributed by atoms with Gasteiger partial charge in [0.2, 0.25) is 0 Å². The molecule has 0 heterocycles. The summed E-state index contributed by atoms with van der Waals surface area (Å²) in [6.07, 6.45) is -0.850. The molecule has 4 N–H and O–H groups in total. The lowest BCUT2D eigenvalue weighted by Gasteiger charge is -2.15. The van der Waals surface area contributed by atoms with Gasteiger partial charge < -0.3 is 20.8 Å². The van der Waals surface area contributed by atoms with Crippen molar-refractivity contribution < 1.29 is 10.2 Å². The highest BCUT2D eigenvalue weighted by Gasteiger charge is 2.14. The number of aliphatic hydroxyl groups excluding tert-OH is 1. The van der Waals surface area contributed by atoms with Crippen LogP contribution >= 0.6 is 35.4 Å². The summed E-state index contributed by atoms with van der Waals surface area (Å²) < 4.78 is 0. The van der Waals surface area contributed by atoms with Gasteiger partial charge in [-0.3, -0.25) is 0 Å². The van der Waals surface area contributed by atoms with Crippen LogP contribution in [-0.4, -0.2) is 15.3 Å². The number of hydrogen-bond acceptors (Lipinski definition) is 3. The van der Waals surface area contributed by atoms with Gasteiger partial charge >= 0.3 is 0 Å². The van der Waals surface area contributed by atoms with E-state index in [9.17, 15) is 10.2 Å². The number of aliphatic hydroxyl groups is 1. The first-order chi connectivity index (χ1) is 10.4. The van der Waals surface area contributed by atoms with E-state index in [1.807, 2.05) is 0 Å². The molecule has 0 radical (unpaired) electrons. The summed E-state index contributed by atoms with van der Waals surface area (Å²) in [6, 6.07) is 10.0. The molecular weight excluding hydrogens is 343 g/mol. The number of aromatic hydroxyl groups is 1. The van der Waals surface area contributed by atoms with Gasteiger partial charge in [0.15, 0.2) is 5.11 Å². The van der Waals surface area contributed by atoms with Crippen LogP contribution in [0.15, 0.2) is 36.4 Å². The summed E-state index contributed by atoms with van der Waals surface area (Å²) in [5.41, 5.74) is 1.39. The van der Waals surface area contributed by atoms with Crippen molar-refractivity contribution in [2.24, 2.45) is 0 Å². The molecule has 4 nitrogen and oxygen atoms in total. The number of thiocarbonyl (C=S) groups is 1. The van der Waals surface area contributed by atoms with Crippen LogP contribution in [0, 0.1) is 0 Å². The molecule has 0 aromatic heterocycles. The highest BCUT2D eigenvalue weighted by Crippen LogP contribution is 2.35. The lowest BCUT2D eigenvalue weighted by molar-refractivity contribution is 0.195. The molecule has 2 aromatic carbocycles. The molecule has 2 rings (SSSR count). The second-order valence-corrected chi connectivity index (χ2v) is 5.93. The van der Waals surface area contributed by atoms with E-state index >= 15 is 0 Å². The van der Waals surface area contributed by atoms with Gasteiger partial charge in [0, 0.05) is 21.3 Å². The number of phenolic OH excluding ortho intramolecular Hbond substituents is 1. The van der Waals surface area contributed by atoms with Gasteiger partial charge in [-0.2, -0.15) is 0 Å². The van der Waals surface area contributed by atoms with E-state index in [4.69, 9.17) is 35.4 Å². The fraction of sp³-hybridized carbons (Fsp3) is 0.133. The summed E-state index contributed by atoms with van der Waals surface area (Å²) in [5.74, 6) is -0.0975. The van der Waals surface area contributed by atoms with Crippen molar-refractivity contribution in [1.82, 2.24) is 0 Å². The average Bonchev–Trinajstić information content (AvgIpc) is 2.44. The van der Waals surface area contributed by atoms with E-state index in [1.54, 1.807) is 31.2 Å². The monoisotopic (exact) mass is 356 g/mol. The van der Waals surface area contributed by atoms with E-state index in [2.05, 4.69) is 10.6 Å². The third kappa shape index (κ3) is 4.24. The zero-order valence-electron chi connectivity index (χ0n) is 11.6. The molecule has 0 fully saturated rings. The molecular formula is C15H14Cl2N2O2S. The summed E-state index contributed by atoms with van der Waals surface area (Å²) >= 11 is 17.0. The highest BCUT2D eigenvalue weighted by atomic mass is 35.5. The van der Waals surface area contributed by atoms with E-state index in [-0.39, 0.29) is 10.9 Å². The van der Waals surface area contributed by atoms with Crippen LogP contribution in [-0.2, 0) is 0 Å². The lowest BCUT2D eigenvalue weighted by Crippen LogP contribution is -2.19. The molecule has 22 heavy (non-hydrogen) atoms. The van der Waals surface area contributed by atoms with Gasteiger partial charge in [-0.15, -0.1) is 0 Å². The Morgan fingerprint density at radius 1 is 1.09 bits per heavy atom. The van der Waals surface area contributed by atoms with Gasteiger partial charge in [0.25, 0.3) is 0 Å². The van der Waals surface area contributed by atoms with E-state index in [0.717, 1.165) is 5.69 Å². The molecule has 0 aliphatic heterocycles. The molecule has 0 amide bonds. The van der Waals surface area contributed by atoms with Crippen molar-refractivity contribution in [3.05, 3.63) is 52.0 Å². The Morgan fingerprint density at radius 2 is 1.73 bits per heavy atom. The number of anilines is 2. The SMILES string of the molecule is CC(O)c1cc(Cl)cc(NC(=S)Nc2ccc(Cl)cc2)c1O. The van der Waals surface area contributed by atoms with Crippen LogP contribution in [0.2, 0.25) is 10.0 Å². The minimum Gasteiger partial charge on any atom is -0.505 e. The quantitative estimate of drug-likeness (QED) is 0.479. The maximum absolute atomic E-state index is 10.1. The summed E-state index contributed by atoms with van der Waals surface area (Å²) in [5, 5.41) is 26.9. The third-order valence-corrected chi connectivity index (χ3v) is 3.58. The first-order valence-corrected chi connectivity index (χ1v) is 7.57. The summed E-state index contributed by atoms with van der Waals surface area (Å²) in [4.78, 5) is 0. The Kier molecular flexibility index (Phi) is 5.47. The van der Waals surface area contributed by atoms with Gasteiger partial charge in [0.1, 0.15) is 5.75 Å². The standard InChI is InChI=1S/C15H14Cl2N2O2S/c1-8(20)12-6-10(17)7-13(14(12)21)19-15(22)18-11-4-2-9(16)3-5-11/h2-8,20-21H,1H3,(H2,18,19,22). The molecule has 0 spiro atoms. The smallest absolute Gasteiger partial charge is 0.175 e. The van der Waals surface area contributed by atoms with Crippen LogP contribution in [0.3, 0.4) is 0 Å². The van der Waals surface area contributed by atoms with E-state index in [0.29, 0.717) is 21.3 Å². The molecule has 116 valence electrons. The summed E-state index contributed by atoms with van der Waals surface area (Å²) in [7, 11) is 0. The minimum atomic E-state index is -0.850. The van der Waals surface area contributed by atoms with Crippen LogP contribution < -0.4 is 10.6 Å². The fourth-order valence-electron chi connectivity index (χ4n) is 1.85. The number of rotatable bonds is 3. The Bertz CT molecular complexity index is 691. The first-order valence-electron chi connectivity index (χ1n) is 6.41. The molecule has 1 atom stereocenters. The Balaban J connectivity index is 2.16. The Hall–Kier alpha value is -1.53. The molecule has 0 saturated heterocycles. The van der Waals surface area contributed by atoms with Gasteiger partial charge in [-0.1, -0.05) is 23.2 Å².